The Kier molecular flexibility index (Phi) is 16.6. The van der Waals surface area contributed by atoms with E-state index >= 15 is 0 Å². The van der Waals surface area contributed by atoms with Crippen molar-refractivity contribution in [2.24, 2.45) is 0 Å². The van der Waals surface area contributed by atoms with E-state index in [1.807, 2.05) is 53.7 Å². The van der Waals surface area contributed by atoms with Crippen LogP contribution in [0.5, 0.6) is 0 Å². The molecule has 2 aliphatic rings. The first-order valence-corrected chi connectivity index (χ1v) is 29.5. The normalized spacial score (nSPS) is 18.7. The number of hydrogen-bond donors (Lipinski definition) is 2. The Labute approximate surface area is 400 Å². The first kappa shape index (κ1) is 53.4. The van der Waals surface area contributed by atoms with Gasteiger partial charge in [-0.1, -0.05) is 107 Å². The molecular weight excluding hydrogens is 857 g/mol. The third kappa shape index (κ3) is 10.5. The fourth-order valence-electron chi connectivity index (χ4n) is 12.8. The summed E-state index contributed by atoms with van der Waals surface area (Å²) in [5.74, 6) is 0. The predicted molar refractivity (Wildman–Crippen MR) is 279 cm³/mol. The van der Waals surface area contributed by atoms with Crippen LogP contribution in [-0.4, -0.2) is 93.5 Å². The van der Waals surface area contributed by atoms with E-state index in [1.54, 1.807) is 9.80 Å². The van der Waals surface area contributed by atoms with Crippen molar-refractivity contribution < 1.29 is 29.3 Å². The molecule has 0 bridgehead atoms. The van der Waals surface area contributed by atoms with E-state index in [1.165, 1.54) is 21.8 Å². The van der Waals surface area contributed by atoms with Crippen LogP contribution < -0.4 is 0 Å². The van der Waals surface area contributed by atoms with Gasteiger partial charge in [0.15, 0.2) is 16.5 Å². The number of benzene rings is 2. The molecule has 0 radical (unpaired) electrons. The van der Waals surface area contributed by atoms with Gasteiger partial charge in [-0.25, -0.2) is 9.59 Å². The number of likely N-dealkylation sites (tertiary alicyclic amines) is 2. The summed E-state index contributed by atoms with van der Waals surface area (Å²) in [6, 6.07) is 16.5. The van der Waals surface area contributed by atoms with Gasteiger partial charge in [-0.15, -0.1) is 0 Å². The van der Waals surface area contributed by atoms with Gasteiger partial charge in [-0.05, 0) is 159 Å². The van der Waals surface area contributed by atoms with Crippen LogP contribution in [0.2, 0.25) is 33.2 Å². The average molecular weight is 945 g/mol. The topological polar surface area (TPSA) is 109 Å². The minimum absolute atomic E-state index is 0.261. The van der Waals surface area contributed by atoms with Crippen LogP contribution in [0.4, 0.5) is 9.59 Å². The van der Waals surface area contributed by atoms with Crippen LogP contribution in [0, 0.1) is 0 Å². The standard InChI is InChI=1S/2C27H44N2O3Si/c2*1-18(2)33(19(3)4,20(5)6)29-16-14-21-12-13-22(17-24(21)29)25(30)23-11-10-15-28(23)26(31)32-27(7,8)9/h2*12-14,16-20,23,25,30H,10-11,15H2,1-9H3/t2*23-,25?/m00/s1. The molecule has 6 rings (SSSR count). The highest BCUT2D eigenvalue weighted by Gasteiger charge is 2.47. The summed E-state index contributed by atoms with van der Waals surface area (Å²) in [5, 5.41) is 25.2. The Morgan fingerprint density at radius 3 is 1.11 bits per heavy atom. The van der Waals surface area contributed by atoms with E-state index in [-0.39, 0.29) is 24.3 Å². The molecule has 2 saturated heterocycles. The summed E-state index contributed by atoms with van der Waals surface area (Å²) in [7, 11) is -3.83. The highest BCUT2D eigenvalue weighted by molar-refractivity contribution is 6.83. The number of carbonyl (C=O) groups is 2. The van der Waals surface area contributed by atoms with Gasteiger partial charge in [0, 0.05) is 24.1 Å². The molecule has 0 saturated carbocycles. The summed E-state index contributed by atoms with van der Waals surface area (Å²) >= 11 is 0. The molecule has 2 aromatic heterocycles. The Bertz CT molecular complexity index is 2060. The lowest BCUT2D eigenvalue weighted by Crippen LogP contribution is -2.51. The van der Waals surface area contributed by atoms with Crippen molar-refractivity contribution in [3.8, 4) is 0 Å². The van der Waals surface area contributed by atoms with Crippen molar-refractivity contribution in [1.29, 1.82) is 0 Å². The fraction of sp³-hybridized carbons (Fsp3) is 0.667. The van der Waals surface area contributed by atoms with E-state index in [9.17, 15) is 19.8 Å². The van der Waals surface area contributed by atoms with Crippen molar-refractivity contribution in [1.82, 2.24) is 18.3 Å². The van der Waals surface area contributed by atoms with E-state index in [4.69, 9.17) is 9.47 Å². The number of fused-ring (bicyclic) bond motifs is 2. The van der Waals surface area contributed by atoms with Crippen molar-refractivity contribution in [3.05, 3.63) is 72.1 Å². The number of nitrogens with zero attached hydrogens (tertiary/aromatic N) is 4. The maximum Gasteiger partial charge on any atom is 0.410 e. The number of carbonyl (C=O) groups excluding carboxylic acids is 2. The van der Waals surface area contributed by atoms with Crippen LogP contribution >= 0.6 is 0 Å². The third-order valence-electron chi connectivity index (χ3n) is 15.1. The van der Waals surface area contributed by atoms with E-state index in [0.717, 1.165) is 36.8 Å². The lowest BCUT2D eigenvalue weighted by atomic mass is 9.99. The lowest BCUT2D eigenvalue weighted by Gasteiger charge is -2.44. The largest absolute Gasteiger partial charge is 0.444 e. The molecule has 66 heavy (non-hydrogen) atoms. The SMILES string of the molecule is CC(C)[Si](C(C)C)(C(C)C)n1ccc2ccc(C(O)[C@@H]3CCCN3C(=O)OC(C)(C)C)cc21.CC(C)[Si](C(C)C)(C(C)C)n1ccc2ccc(C(O)[C@@H]3CCCN3C(=O)OC(C)(C)C)cc21. The van der Waals surface area contributed by atoms with Crippen molar-refractivity contribution in [3.63, 3.8) is 0 Å². The number of rotatable bonds is 12. The van der Waals surface area contributed by atoms with Gasteiger partial charge in [0.05, 0.1) is 24.3 Å². The molecule has 0 aliphatic carbocycles. The number of amides is 2. The number of aromatic nitrogens is 2. The summed E-state index contributed by atoms with van der Waals surface area (Å²) in [6.45, 7) is 40.9. The molecule has 2 aliphatic heterocycles. The lowest BCUT2D eigenvalue weighted by molar-refractivity contribution is 0.00432. The zero-order valence-electron chi connectivity index (χ0n) is 44.1. The Morgan fingerprint density at radius 1 is 0.530 bits per heavy atom. The highest BCUT2D eigenvalue weighted by Crippen LogP contribution is 2.46. The van der Waals surface area contributed by atoms with Crippen molar-refractivity contribution in [2.75, 3.05) is 13.1 Å². The number of aliphatic hydroxyl groups is 2. The highest BCUT2D eigenvalue weighted by atomic mass is 28.3. The van der Waals surface area contributed by atoms with Gasteiger partial charge in [0.25, 0.3) is 0 Å². The van der Waals surface area contributed by atoms with Gasteiger partial charge < -0.3 is 38.0 Å². The first-order valence-electron chi connectivity index (χ1n) is 25.2. The van der Waals surface area contributed by atoms with Crippen LogP contribution in [0.3, 0.4) is 0 Å². The fourth-order valence-corrected chi connectivity index (χ4v) is 26.0. The molecule has 2 fully saturated rings. The molecule has 12 heteroatoms. The molecule has 368 valence electrons. The second-order valence-corrected chi connectivity index (χ2v) is 34.8. The van der Waals surface area contributed by atoms with Crippen molar-refractivity contribution >= 4 is 50.5 Å². The first-order chi connectivity index (χ1) is 30.6. The Hall–Kier alpha value is -3.59. The average Bonchev–Trinajstić information content (AvgIpc) is 4.03. The summed E-state index contributed by atoms with van der Waals surface area (Å²) in [4.78, 5) is 29.0. The molecule has 4 atom stereocenters. The second-order valence-electron chi connectivity index (χ2n) is 23.4. The maximum atomic E-state index is 12.8. The molecule has 2 N–H and O–H groups in total. The van der Waals surface area contributed by atoms with Gasteiger partial charge in [-0.2, -0.15) is 0 Å². The molecule has 0 spiro atoms. The minimum Gasteiger partial charge on any atom is -0.444 e. The van der Waals surface area contributed by atoms with Crippen LogP contribution in [0.1, 0.15) is 174 Å². The van der Waals surface area contributed by atoms with E-state index in [2.05, 4.69) is 140 Å². The van der Waals surface area contributed by atoms with Gasteiger partial charge in [0.2, 0.25) is 0 Å². The van der Waals surface area contributed by atoms with Crippen LogP contribution in [0.15, 0.2) is 60.9 Å². The van der Waals surface area contributed by atoms with Gasteiger partial charge >= 0.3 is 12.2 Å². The summed E-state index contributed by atoms with van der Waals surface area (Å²) in [5.41, 5.74) is 6.56. The van der Waals surface area contributed by atoms with Crippen molar-refractivity contribution in [2.45, 2.75) is 219 Å². The van der Waals surface area contributed by atoms with E-state index in [0.29, 0.717) is 46.3 Å². The maximum absolute atomic E-state index is 12.8. The molecule has 2 aromatic carbocycles. The number of ether oxygens (including phenoxy) is 2. The third-order valence-corrected chi connectivity index (χ3v) is 28.6. The zero-order chi connectivity index (χ0) is 49.4. The van der Waals surface area contributed by atoms with Crippen LogP contribution in [-0.2, 0) is 9.47 Å². The summed E-state index contributed by atoms with van der Waals surface area (Å²) < 4.78 is 16.4. The van der Waals surface area contributed by atoms with Gasteiger partial charge in [0.1, 0.15) is 11.2 Å². The smallest absolute Gasteiger partial charge is 0.410 e. The quantitative estimate of drug-likeness (QED) is 0.137. The zero-order valence-corrected chi connectivity index (χ0v) is 46.1. The Morgan fingerprint density at radius 2 is 0.833 bits per heavy atom. The van der Waals surface area contributed by atoms with Gasteiger partial charge in [-0.3, -0.25) is 0 Å². The molecular formula is C54H88N4O6Si2. The molecule has 4 aromatic rings. The molecule has 2 unspecified atom stereocenters. The molecule has 10 nitrogen and oxygen atoms in total. The number of aliphatic hydroxyl groups excluding tert-OH is 2. The second kappa shape index (κ2) is 20.6. The molecule has 2 amide bonds. The van der Waals surface area contributed by atoms with E-state index < -0.39 is 39.9 Å². The number of hydrogen-bond acceptors (Lipinski definition) is 6. The predicted octanol–water partition coefficient (Wildman–Crippen LogP) is 14.2. The summed E-state index contributed by atoms with van der Waals surface area (Å²) in [6.07, 6.45) is 5.73. The van der Waals surface area contributed by atoms with Crippen LogP contribution in [0.25, 0.3) is 21.8 Å². The minimum atomic E-state index is -1.91. The molecule has 4 heterocycles. The Balaban J connectivity index is 0.000000247. The monoisotopic (exact) mass is 945 g/mol.